The molecule has 0 aliphatic carbocycles. The van der Waals surface area contributed by atoms with E-state index in [1.807, 2.05) is 38.1 Å². The molecule has 3 rings (SSSR count). The Hall–Kier alpha value is -3.65. The molecule has 3 aromatic rings. The monoisotopic (exact) mass is 342 g/mol. The lowest BCUT2D eigenvalue weighted by molar-refractivity contribution is 0.102. The zero-order valence-electron chi connectivity index (χ0n) is 14.6. The van der Waals surface area contributed by atoms with Crippen LogP contribution in [0.3, 0.4) is 0 Å². The van der Waals surface area contributed by atoms with Crippen molar-refractivity contribution in [3.05, 3.63) is 83.2 Å². The number of pyridine rings is 1. The van der Waals surface area contributed by atoms with E-state index in [1.165, 1.54) is 6.20 Å². The van der Waals surface area contributed by atoms with Crippen molar-refractivity contribution in [2.75, 3.05) is 10.6 Å². The van der Waals surface area contributed by atoms with E-state index in [9.17, 15) is 4.79 Å². The fourth-order valence-electron chi connectivity index (χ4n) is 2.66. The number of anilines is 3. The fraction of sp³-hybridized carbons (Fsp3) is 0.0952. The maximum Gasteiger partial charge on any atom is 0.257 e. The summed E-state index contributed by atoms with van der Waals surface area (Å²) in [6.07, 6.45) is 3.16. The Morgan fingerprint density at radius 3 is 2.46 bits per heavy atom. The average molecular weight is 342 g/mol. The van der Waals surface area contributed by atoms with Crippen LogP contribution < -0.4 is 10.6 Å². The van der Waals surface area contributed by atoms with Crippen molar-refractivity contribution in [2.45, 2.75) is 13.8 Å². The third-order valence-electron chi connectivity index (χ3n) is 4.00. The van der Waals surface area contributed by atoms with Gasteiger partial charge in [0.2, 0.25) is 0 Å². The lowest BCUT2D eigenvalue weighted by Gasteiger charge is -2.12. The molecule has 128 valence electrons. The molecule has 0 unspecified atom stereocenters. The van der Waals surface area contributed by atoms with Crippen molar-refractivity contribution in [2.24, 2.45) is 0 Å². The van der Waals surface area contributed by atoms with Crippen LogP contribution in [0.1, 0.15) is 27.0 Å². The summed E-state index contributed by atoms with van der Waals surface area (Å²) in [4.78, 5) is 16.7. The van der Waals surface area contributed by atoms with Crippen LogP contribution in [0, 0.1) is 25.2 Å². The molecule has 0 saturated heterocycles. The van der Waals surface area contributed by atoms with E-state index in [2.05, 4.69) is 21.7 Å². The molecule has 1 amide bonds. The first-order valence-corrected chi connectivity index (χ1v) is 8.16. The minimum atomic E-state index is -0.218. The summed E-state index contributed by atoms with van der Waals surface area (Å²) in [5.41, 5.74) is 5.29. The molecule has 1 aromatic heterocycles. The second-order valence-electron chi connectivity index (χ2n) is 6.00. The SMILES string of the molecule is Cc1cccc(C)c1NC(=O)c1cncc(Nc2cccc(C#N)c2)c1. The maximum atomic E-state index is 12.6. The predicted octanol–water partition coefficient (Wildman–Crippen LogP) is 4.57. The Morgan fingerprint density at radius 1 is 1.00 bits per heavy atom. The van der Waals surface area contributed by atoms with Gasteiger partial charge in [0, 0.05) is 17.6 Å². The van der Waals surface area contributed by atoms with Gasteiger partial charge in [-0.2, -0.15) is 5.26 Å². The van der Waals surface area contributed by atoms with Gasteiger partial charge in [-0.15, -0.1) is 0 Å². The minimum absolute atomic E-state index is 0.218. The van der Waals surface area contributed by atoms with E-state index in [0.29, 0.717) is 16.8 Å². The van der Waals surface area contributed by atoms with Gasteiger partial charge in [0.15, 0.2) is 0 Å². The number of amides is 1. The molecule has 5 nitrogen and oxygen atoms in total. The number of nitriles is 1. The number of rotatable bonds is 4. The van der Waals surface area contributed by atoms with Crippen LogP contribution in [-0.4, -0.2) is 10.9 Å². The van der Waals surface area contributed by atoms with Crippen LogP contribution in [0.5, 0.6) is 0 Å². The topological polar surface area (TPSA) is 77.8 Å². The summed E-state index contributed by atoms with van der Waals surface area (Å²) in [5.74, 6) is -0.218. The summed E-state index contributed by atoms with van der Waals surface area (Å²) in [6, 6.07) is 16.8. The number of carbonyl (C=O) groups excluding carboxylic acids is 1. The van der Waals surface area contributed by atoms with Gasteiger partial charge in [-0.05, 0) is 49.2 Å². The maximum absolute atomic E-state index is 12.6. The van der Waals surface area contributed by atoms with Crippen molar-refractivity contribution in [1.82, 2.24) is 4.98 Å². The molecular weight excluding hydrogens is 324 g/mol. The van der Waals surface area contributed by atoms with E-state index in [4.69, 9.17) is 5.26 Å². The van der Waals surface area contributed by atoms with Gasteiger partial charge in [0.05, 0.1) is 29.1 Å². The quantitative estimate of drug-likeness (QED) is 0.728. The van der Waals surface area contributed by atoms with Gasteiger partial charge in [-0.25, -0.2) is 0 Å². The predicted molar refractivity (Wildman–Crippen MR) is 103 cm³/mol. The number of carbonyl (C=O) groups is 1. The van der Waals surface area contributed by atoms with Crippen molar-refractivity contribution >= 4 is 23.0 Å². The first-order valence-electron chi connectivity index (χ1n) is 8.16. The summed E-state index contributed by atoms with van der Waals surface area (Å²) >= 11 is 0. The second kappa shape index (κ2) is 7.49. The third-order valence-corrected chi connectivity index (χ3v) is 4.00. The van der Waals surface area contributed by atoms with Crippen molar-refractivity contribution in [3.63, 3.8) is 0 Å². The molecule has 0 saturated carbocycles. The van der Waals surface area contributed by atoms with Gasteiger partial charge in [-0.1, -0.05) is 24.3 Å². The Bertz CT molecular complexity index is 985. The van der Waals surface area contributed by atoms with E-state index in [0.717, 1.165) is 22.5 Å². The molecule has 0 spiro atoms. The van der Waals surface area contributed by atoms with E-state index in [-0.39, 0.29) is 5.91 Å². The summed E-state index contributed by atoms with van der Waals surface area (Å²) in [6.45, 7) is 3.92. The lowest BCUT2D eigenvalue weighted by Crippen LogP contribution is -2.14. The van der Waals surface area contributed by atoms with Gasteiger partial charge >= 0.3 is 0 Å². The Balaban J connectivity index is 1.80. The van der Waals surface area contributed by atoms with Gasteiger partial charge in [-0.3, -0.25) is 9.78 Å². The van der Waals surface area contributed by atoms with Crippen LogP contribution in [0.15, 0.2) is 60.9 Å². The molecule has 2 aromatic carbocycles. The molecule has 2 N–H and O–H groups in total. The number of hydrogen-bond acceptors (Lipinski definition) is 4. The van der Waals surface area contributed by atoms with Crippen LogP contribution in [-0.2, 0) is 0 Å². The van der Waals surface area contributed by atoms with Gasteiger partial charge < -0.3 is 10.6 Å². The number of hydrogen-bond donors (Lipinski definition) is 2. The highest BCUT2D eigenvalue weighted by atomic mass is 16.1. The largest absolute Gasteiger partial charge is 0.354 e. The summed E-state index contributed by atoms with van der Waals surface area (Å²) in [5, 5.41) is 15.1. The molecule has 5 heteroatoms. The van der Waals surface area contributed by atoms with Gasteiger partial charge in [0.25, 0.3) is 5.91 Å². The molecule has 0 atom stereocenters. The van der Waals surface area contributed by atoms with E-state index in [1.54, 1.807) is 30.5 Å². The number of benzene rings is 2. The molecule has 0 fully saturated rings. The lowest BCUT2D eigenvalue weighted by atomic mass is 10.1. The Labute approximate surface area is 152 Å². The zero-order valence-corrected chi connectivity index (χ0v) is 14.6. The molecular formula is C21H18N4O. The number of nitrogens with zero attached hydrogens (tertiary/aromatic N) is 2. The molecule has 0 aliphatic rings. The van der Waals surface area contributed by atoms with Crippen molar-refractivity contribution in [1.29, 1.82) is 5.26 Å². The molecule has 26 heavy (non-hydrogen) atoms. The first-order chi connectivity index (χ1) is 12.6. The highest BCUT2D eigenvalue weighted by Gasteiger charge is 2.11. The average Bonchev–Trinajstić information content (AvgIpc) is 2.65. The second-order valence-corrected chi connectivity index (χ2v) is 6.00. The zero-order chi connectivity index (χ0) is 18.5. The Kier molecular flexibility index (Phi) is 4.95. The van der Waals surface area contributed by atoms with Crippen LogP contribution in [0.2, 0.25) is 0 Å². The molecule has 0 radical (unpaired) electrons. The van der Waals surface area contributed by atoms with Gasteiger partial charge in [0.1, 0.15) is 0 Å². The minimum Gasteiger partial charge on any atom is -0.354 e. The highest BCUT2D eigenvalue weighted by Crippen LogP contribution is 2.22. The number of aromatic nitrogens is 1. The number of para-hydroxylation sites is 1. The smallest absolute Gasteiger partial charge is 0.257 e. The van der Waals surface area contributed by atoms with Crippen molar-refractivity contribution < 1.29 is 4.79 Å². The van der Waals surface area contributed by atoms with Crippen LogP contribution in [0.25, 0.3) is 0 Å². The van der Waals surface area contributed by atoms with Crippen LogP contribution >= 0.6 is 0 Å². The fourth-order valence-corrected chi connectivity index (χ4v) is 2.66. The highest BCUT2D eigenvalue weighted by molar-refractivity contribution is 6.05. The normalized spacial score (nSPS) is 10.0. The molecule has 1 heterocycles. The third kappa shape index (κ3) is 3.87. The standard InChI is InChI=1S/C21H18N4O/c1-14-5-3-6-15(2)20(14)25-21(26)17-10-19(13-23-12-17)24-18-8-4-7-16(9-18)11-22/h3-10,12-13,24H,1-2H3,(H,25,26). The Morgan fingerprint density at radius 2 is 1.73 bits per heavy atom. The molecule has 0 aliphatic heterocycles. The summed E-state index contributed by atoms with van der Waals surface area (Å²) in [7, 11) is 0. The van der Waals surface area contributed by atoms with Crippen molar-refractivity contribution in [3.8, 4) is 6.07 Å². The summed E-state index contributed by atoms with van der Waals surface area (Å²) < 4.78 is 0. The number of aryl methyl sites for hydroxylation is 2. The van der Waals surface area contributed by atoms with E-state index >= 15 is 0 Å². The van der Waals surface area contributed by atoms with E-state index < -0.39 is 0 Å². The van der Waals surface area contributed by atoms with Crippen LogP contribution in [0.4, 0.5) is 17.1 Å². The number of nitrogens with one attached hydrogen (secondary N) is 2. The first kappa shape index (κ1) is 17.2. The molecule has 0 bridgehead atoms.